The third kappa shape index (κ3) is 5.46. The van der Waals surface area contributed by atoms with Gasteiger partial charge in [-0.05, 0) is 37.6 Å². The molecule has 0 aromatic heterocycles. The van der Waals surface area contributed by atoms with Gasteiger partial charge < -0.3 is 15.7 Å². The molecule has 2 aromatic rings. The van der Waals surface area contributed by atoms with Crippen molar-refractivity contribution >= 4 is 23.5 Å². The van der Waals surface area contributed by atoms with Gasteiger partial charge in [0, 0.05) is 18.5 Å². The fraction of sp³-hybridized carbons (Fsp3) is 0.211. The van der Waals surface area contributed by atoms with E-state index in [1.807, 2.05) is 19.1 Å². The lowest BCUT2D eigenvalue weighted by atomic mass is 10.1. The van der Waals surface area contributed by atoms with Crippen molar-refractivity contribution in [1.29, 1.82) is 0 Å². The molecular weight excluding hydrogens is 320 g/mol. The Hall–Kier alpha value is -3.15. The van der Waals surface area contributed by atoms with Crippen molar-refractivity contribution in [2.75, 3.05) is 11.9 Å². The number of amides is 2. The first-order chi connectivity index (χ1) is 12.0. The molecule has 3 N–H and O–H groups in total. The lowest BCUT2D eigenvalue weighted by Gasteiger charge is -2.11. The van der Waals surface area contributed by atoms with Crippen molar-refractivity contribution in [1.82, 2.24) is 5.32 Å². The van der Waals surface area contributed by atoms with Crippen molar-refractivity contribution in [2.24, 2.45) is 0 Å². The summed E-state index contributed by atoms with van der Waals surface area (Å²) in [5, 5.41) is 14.0. The van der Waals surface area contributed by atoms with Crippen molar-refractivity contribution in [2.45, 2.75) is 19.8 Å². The number of anilines is 1. The maximum atomic E-state index is 12.3. The highest BCUT2D eigenvalue weighted by molar-refractivity contribution is 6.09. The van der Waals surface area contributed by atoms with Crippen LogP contribution in [0.1, 0.15) is 39.1 Å². The number of carboxylic acid groups (broad SMARTS) is 1. The van der Waals surface area contributed by atoms with Gasteiger partial charge in [0.2, 0.25) is 0 Å². The Labute approximate surface area is 145 Å². The number of nitrogens with one attached hydrogen (secondary N) is 2. The molecule has 0 unspecified atom stereocenters. The quantitative estimate of drug-likeness (QED) is 0.675. The molecule has 6 heteroatoms. The number of carbonyl (C=O) groups is 3. The average Bonchev–Trinajstić information content (AvgIpc) is 2.59. The Bertz CT molecular complexity index is 769. The summed E-state index contributed by atoms with van der Waals surface area (Å²) in [6.07, 6.45) is 0.338. The first-order valence-corrected chi connectivity index (χ1v) is 7.94. The predicted octanol–water partition coefficient (Wildman–Crippen LogP) is 2.84. The molecule has 0 fully saturated rings. The molecule has 2 rings (SSSR count). The van der Waals surface area contributed by atoms with Crippen LogP contribution in [0.3, 0.4) is 0 Å². The molecule has 0 aliphatic heterocycles. The molecule has 6 nitrogen and oxygen atoms in total. The van der Waals surface area contributed by atoms with E-state index in [0.29, 0.717) is 23.2 Å². The molecule has 0 saturated heterocycles. The van der Waals surface area contributed by atoms with Crippen molar-refractivity contribution in [3.63, 3.8) is 0 Å². The summed E-state index contributed by atoms with van der Waals surface area (Å²) in [6, 6.07) is 13.8. The Morgan fingerprint density at radius 1 is 0.960 bits per heavy atom. The number of para-hydroxylation sites is 1. The highest BCUT2D eigenvalue weighted by atomic mass is 16.4. The molecule has 25 heavy (non-hydrogen) atoms. The van der Waals surface area contributed by atoms with Crippen LogP contribution in [0.15, 0.2) is 48.5 Å². The second-order valence-electron chi connectivity index (χ2n) is 5.62. The number of benzene rings is 2. The number of carboxylic acids is 1. The van der Waals surface area contributed by atoms with Gasteiger partial charge in [-0.1, -0.05) is 29.8 Å². The molecular formula is C19H20N2O4. The Kier molecular flexibility index (Phi) is 6.28. The number of rotatable bonds is 7. The molecule has 0 atom stereocenters. The fourth-order valence-corrected chi connectivity index (χ4v) is 2.23. The van der Waals surface area contributed by atoms with Gasteiger partial charge in [0.05, 0.1) is 11.3 Å². The van der Waals surface area contributed by atoms with E-state index in [9.17, 15) is 14.4 Å². The summed E-state index contributed by atoms with van der Waals surface area (Å²) in [6.45, 7) is 2.19. The second-order valence-corrected chi connectivity index (χ2v) is 5.62. The van der Waals surface area contributed by atoms with Gasteiger partial charge in [0.1, 0.15) is 0 Å². The third-order valence-electron chi connectivity index (χ3n) is 3.59. The minimum Gasteiger partial charge on any atom is -0.481 e. The van der Waals surface area contributed by atoms with E-state index in [1.54, 1.807) is 36.4 Å². The lowest BCUT2D eigenvalue weighted by molar-refractivity contribution is -0.137. The molecule has 0 spiro atoms. The number of aryl methyl sites for hydroxylation is 1. The zero-order valence-electron chi connectivity index (χ0n) is 13.9. The molecule has 2 amide bonds. The number of aliphatic carboxylic acids is 1. The van der Waals surface area contributed by atoms with E-state index < -0.39 is 5.97 Å². The van der Waals surface area contributed by atoms with E-state index in [1.165, 1.54) is 0 Å². The second kappa shape index (κ2) is 8.63. The van der Waals surface area contributed by atoms with E-state index in [-0.39, 0.29) is 24.8 Å². The average molecular weight is 340 g/mol. The van der Waals surface area contributed by atoms with Crippen molar-refractivity contribution in [3.05, 3.63) is 65.2 Å². The lowest BCUT2D eigenvalue weighted by Crippen LogP contribution is -2.26. The molecule has 0 aliphatic carbocycles. The summed E-state index contributed by atoms with van der Waals surface area (Å²) >= 11 is 0. The van der Waals surface area contributed by atoms with Crippen molar-refractivity contribution < 1.29 is 19.5 Å². The van der Waals surface area contributed by atoms with E-state index in [2.05, 4.69) is 10.6 Å². The first-order valence-electron chi connectivity index (χ1n) is 7.94. The van der Waals surface area contributed by atoms with Gasteiger partial charge in [-0.15, -0.1) is 0 Å². The minimum atomic E-state index is -0.903. The van der Waals surface area contributed by atoms with Crippen LogP contribution in [0.2, 0.25) is 0 Å². The van der Waals surface area contributed by atoms with Crippen LogP contribution in [-0.4, -0.2) is 29.4 Å². The zero-order chi connectivity index (χ0) is 18.2. The van der Waals surface area contributed by atoms with Crippen LogP contribution < -0.4 is 10.6 Å². The largest absolute Gasteiger partial charge is 0.481 e. The molecule has 0 bridgehead atoms. The Morgan fingerprint density at radius 3 is 2.32 bits per heavy atom. The molecule has 0 heterocycles. The fourth-order valence-electron chi connectivity index (χ4n) is 2.23. The SMILES string of the molecule is Cc1ccc(C(=O)Nc2ccccc2C(=O)NCCCC(=O)O)cc1. The molecule has 130 valence electrons. The predicted molar refractivity (Wildman–Crippen MR) is 94.8 cm³/mol. The van der Waals surface area contributed by atoms with Gasteiger partial charge in [0.15, 0.2) is 0 Å². The number of carbonyl (C=O) groups excluding carboxylic acids is 2. The highest BCUT2D eigenvalue weighted by Crippen LogP contribution is 2.16. The van der Waals surface area contributed by atoms with Crippen LogP contribution in [0.25, 0.3) is 0 Å². The molecule has 2 aromatic carbocycles. The summed E-state index contributed by atoms with van der Waals surface area (Å²) in [4.78, 5) is 35.1. The van der Waals surface area contributed by atoms with Gasteiger partial charge >= 0.3 is 5.97 Å². The van der Waals surface area contributed by atoms with Gasteiger partial charge in [0.25, 0.3) is 11.8 Å². The summed E-state index contributed by atoms with van der Waals surface area (Å²) < 4.78 is 0. The molecule has 0 saturated carbocycles. The number of hydrogen-bond acceptors (Lipinski definition) is 3. The number of hydrogen-bond donors (Lipinski definition) is 3. The van der Waals surface area contributed by atoms with Gasteiger partial charge in [-0.3, -0.25) is 14.4 Å². The normalized spacial score (nSPS) is 10.1. The van der Waals surface area contributed by atoms with Crippen LogP contribution in [-0.2, 0) is 4.79 Å². The van der Waals surface area contributed by atoms with Gasteiger partial charge in [-0.2, -0.15) is 0 Å². The summed E-state index contributed by atoms with van der Waals surface area (Å²) in [5.74, 6) is -1.56. The van der Waals surface area contributed by atoms with E-state index in [4.69, 9.17) is 5.11 Å². The molecule has 0 aliphatic rings. The maximum absolute atomic E-state index is 12.3. The first kappa shape index (κ1) is 18.2. The maximum Gasteiger partial charge on any atom is 0.303 e. The van der Waals surface area contributed by atoms with E-state index >= 15 is 0 Å². The monoisotopic (exact) mass is 340 g/mol. The van der Waals surface area contributed by atoms with Crippen LogP contribution in [0.4, 0.5) is 5.69 Å². The van der Waals surface area contributed by atoms with E-state index in [0.717, 1.165) is 5.56 Å². The van der Waals surface area contributed by atoms with Crippen LogP contribution in [0.5, 0.6) is 0 Å². The molecule has 0 radical (unpaired) electrons. The Balaban J connectivity index is 2.04. The summed E-state index contributed by atoms with van der Waals surface area (Å²) in [5.41, 5.74) is 2.29. The van der Waals surface area contributed by atoms with Crippen molar-refractivity contribution in [3.8, 4) is 0 Å². The smallest absolute Gasteiger partial charge is 0.303 e. The van der Waals surface area contributed by atoms with Gasteiger partial charge in [-0.25, -0.2) is 0 Å². The summed E-state index contributed by atoms with van der Waals surface area (Å²) in [7, 11) is 0. The van der Waals surface area contributed by atoms with Crippen LogP contribution >= 0.6 is 0 Å². The highest BCUT2D eigenvalue weighted by Gasteiger charge is 2.13. The zero-order valence-corrected chi connectivity index (χ0v) is 13.9. The van der Waals surface area contributed by atoms with Crippen LogP contribution in [0, 0.1) is 6.92 Å². The Morgan fingerprint density at radius 2 is 1.64 bits per heavy atom. The topological polar surface area (TPSA) is 95.5 Å². The third-order valence-corrected chi connectivity index (χ3v) is 3.59. The standard InChI is InChI=1S/C19H20N2O4/c1-13-8-10-14(11-9-13)18(24)21-16-6-3-2-5-15(16)19(25)20-12-4-7-17(22)23/h2-3,5-6,8-11H,4,7,12H2,1H3,(H,20,25)(H,21,24)(H,22,23). The minimum absolute atomic E-state index is 0.00785.